The number of rotatable bonds is 4. The number of carbonyl (C=O) groups is 2. The summed E-state index contributed by atoms with van der Waals surface area (Å²) in [5, 5.41) is 0.00460. The number of carbonyl (C=O) groups excluding carboxylic acids is 2. The average molecular weight is 336 g/mol. The Morgan fingerprint density at radius 3 is 2.78 bits per heavy atom. The molecule has 2 saturated heterocycles. The van der Waals surface area contributed by atoms with Crippen molar-refractivity contribution in [2.24, 2.45) is 11.1 Å². The molecule has 3 rings (SSSR count). The Morgan fingerprint density at radius 1 is 1.43 bits per heavy atom. The Hall–Kier alpha value is -1.73. The van der Waals surface area contributed by atoms with Gasteiger partial charge in [0.25, 0.3) is 0 Å². The van der Waals surface area contributed by atoms with E-state index in [9.17, 15) is 9.59 Å². The predicted octanol–water partition coefficient (Wildman–Crippen LogP) is 0.987. The summed E-state index contributed by atoms with van der Waals surface area (Å²) in [5.74, 6) is 0.995. The van der Waals surface area contributed by atoms with Crippen molar-refractivity contribution in [3.8, 4) is 5.75 Å². The molecule has 2 fully saturated rings. The second-order valence-electron chi connectivity index (χ2n) is 6.18. The van der Waals surface area contributed by atoms with Crippen LogP contribution in [0.15, 0.2) is 24.3 Å². The fourth-order valence-electron chi connectivity index (χ4n) is 2.77. The zero-order chi connectivity index (χ0) is 16.6. The maximum absolute atomic E-state index is 12.5. The Bertz CT molecular complexity index is 621. The van der Waals surface area contributed by atoms with Crippen LogP contribution in [0.25, 0.3) is 0 Å². The monoisotopic (exact) mass is 336 g/mol. The zero-order valence-electron chi connectivity index (χ0n) is 13.2. The van der Waals surface area contributed by atoms with Crippen LogP contribution in [0.4, 0.5) is 0 Å². The molecule has 0 saturated carbocycles. The van der Waals surface area contributed by atoms with E-state index in [-0.39, 0.29) is 23.9 Å². The van der Waals surface area contributed by atoms with Crippen molar-refractivity contribution in [1.29, 1.82) is 0 Å². The van der Waals surface area contributed by atoms with Gasteiger partial charge in [0, 0.05) is 12.3 Å². The van der Waals surface area contributed by atoms with Crippen molar-refractivity contribution in [2.75, 3.05) is 19.4 Å². The molecule has 0 aromatic heterocycles. The molecule has 1 amide bonds. The molecule has 2 unspecified atom stereocenters. The van der Waals surface area contributed by atoms with Gasteiger partial charge in [-0.3, -0.25) is 9.59 Å². The molecule has 2 heterocycles. The van der Waals surface area contributed by atoms with Crippen LogP contribution < -0.4 is 10.5 Å². The molecule has 3 atom stereocenters. The van der Waals surface area contributed by atoms with Gasteiger partial charge in [0.1, 0.15) is 23.8 Å². The van der Waals surface area contributed by atoms with Crippen molar-refractivity contribution >= 4 is 23.6 Å². The van der Waals surface area contributed by atoms with Crippen LogP contribution in [0.5, 0.6) is 5.75 Å². The van der Waals surface area contributed by atoms with Crippen LogP contribution in [0.2, 0.25) is 0 Å². The summed E-state index contributed by atoms with van der Waals surface area (Å²) < 4.78 is 10.5. The van der Waals surface area contributed by atoms with Gasteiger partial charge in [0.05, 0.1) is 12.5 Å². The highest BCUT2D eigenvalue weighted by Crippen LogP contribution is 2.41. The number of esters is 1. The topological polar surface area (TPSA) is 81.9 Å². The fraction of sp³-hybridized carbons (Fsp3) is 0.500. The number of hydrogen-bond acceptors (Lipinski definition) is 6. The molecule has 0 radical (unpaired) electrons. The second-order valence-corrected chi connectivity index (χ2v) is 7.28. The third-order valence-corrected chi connectivity index (χ3v) is 5.99. The first-order valence-electron chi connectivity index (χ1n) is 7.42. The minimum atomic E-state index is -0.691. The van der Waals surface area contributed by atoms with Gasteiger partial charge in [-0.05, 0) is 24.6 Å². The molecular formula is C16H20N2O4S. The number of nitrogens with zero attached hydrogens (tertiary/aromatic N) is 1. The van der Waals surface area contributed by atoms with Crippen molar-refractivity contribution in [1.82, 2.24) is 4.90 Å². The number of nitrogens with two attached hydrogens (primary N) is 1. The maximum Gasteiger partial charge on any atom is 0.314 e. The van der Waals surface area contributed by atoms with E-state index < -0.39 is 11.5 Å². The number of fused-ring (bicyclic) bond motifs is 1. The van der Waals surface area contributed by atoms with Crippen LogP contribution in [0.3, 0.4) is 0 Å². The first-order valence-corrected chi connectivity index (χ1v) is 8.47. The molecule has 124 valence electrons. The minimum absolute atomic E-state index is 0.00460. The van der Waals surface area contributed by atoms with Crippen LogP contribution >= 0.6 is 11.8 Å². The molecule has 23 heavy (non-hydrogen) atoms. The third kappa shape index (κ3) is 2.90. The average Bonchev–Trinajstić information content (AvgIpc) is 2.59. The van der Waals surface area contributed by atoms with E-state index in [0.29, 0.717) is 12.3 Å². The lowest BCUT2D eigenvalue weighted by molar-refractivity contribution is -0.161. The number of benzene rings is 1. The van der Waals surface area contributed by atoms with E-state index in [1.54, 1.807) is 23.8 Å². The normalized spacial score (nSPS) is 29.5. The summed E-state index contributed by atoms with van der Waals surface area (Å²) in [7, 11) is 1.60. The molecule has 0 bridgehead atoms. The molecule has 0 spiro atoms. The van der Waals surface area contributed by atoms with Gasteiger partial charge in [-0.25, -0.2) is 0 Å². The highest BCUT2D eigenvalue weighted by molar-refractivity contribution is 8.00. The van der Waals surface area contributed by atoms with Crippen molar-refractivity contribution in [3.05, 3.63) is 29.8 Å². The molecule has 2 aliphatic rings. The van der Waals surface area contributed by atoms with E-state index in [2.05, 4.69) is 0 Å². The Kier molecular flexibility index (Phi) is 4.25. The largest absolute Gasteiger partial charge is 0.497 e. The smallest absolute Gasteiger partial charge is 0.314 e. The number of thioether (sulfide) groups is 1. The van der Waals surface area contributed by atoms with Gasteiger partial charge in [-0.1, -0.05) is 12.1 Å². The molecule has 2 N–H and O–H groups in total. The molecular weight excluding hydrogens is 316 g/mol. The van der Waals surface area contributed by atoms with Gasteiger partial charge >= 0.3 is 5.97 Å². The van der Waals surface area contributed by atoms with Gasteiger partial charge in [-0.15, -0.1) is 11.8 Å². The summed E-state index contributed by atoms with van der Waals surface area (Å²) in [6.45, 7) is 2.42. The van der Waals surface area contributed by atoms with E-state index in [1.807, 2.05) is 31.2 Å². The maximum atomic E-state index is 12.5. The van der Waals surface area contributed by atoms with Crippen molar-refractivity contribution in [3.63, 3.8) is 0 Å². The molecule has 1 aromatic rings. The van der Waals surface area contributed by atoms with Gasteiger partial charge in [0.2, 0.25) is 5.91 Å². The number of amides is 1. The SMILES string of the molecule is COc1ccc(COC(=O)C2(C)CS[C@@H]3C(N)C(=O)N3C2)cc1. The molecule has 0 aliphatic carbocycles. The van der Waals surface area contributed by atoms with Crippen LogP contribution in [0.1, 0.15) is 12.5 Å². The summed E-state index contributed by atoms with van der Waals surface area (Å²) in [6.07, 6.45) is 0. The van der Waals surface area contributed by atoms with Crippen LogP contribution in [-0.2, 0) is 20.9 Å². The standard InChI is InChI=1S/C16H20N2O4S/c1-16(8-18-13(19)12(17)14(18)23-9-16)15(20)22-7-10-3-5-11(21-2)6-4-10/h3-6,12,14H,7-9,17H2,1-2H3/t12?,14-,16?/m1/s1. The number of ether oxygens (including phenoxy) is 2. The van der Waals surface area contributed by atoms with E-state index in [0.717, 1.165) is 11.3 Å². The molecule has 7 heteroatoms. The molecule has 2 aliphatic heterocycles. The highest BCUT2D eigenvalue weighted by atomic mass is 32.2. The number of methoxy groups -OCH3 is 1. The summed E-state index contributed by atoms with van der Waals surface area (Å²) in [6, 6.07) is 6.94. The van der Waals surface area contributed by atoms with Crippen molar-refractivity contribution < 1.29 is 19.1 Å². The Labute approximate surface area is 139 Å². The lowest BCUT2D eigenvalue weighted by Gasteiger charge is -2.52. The fourth-order valence-corrected chi connectivity index (χ4v) is 4.20. The molecule has 6 nitrogen and oxygen atoms in total. The third-order valence-electron chi connectivity index (χ3n) is 4.30. The first-order chi connectivity index (χ1) is 10.9. The highest BCUT2D eigenvalue weighted by Gasteiger charge is 2.54. The number of β-lactam (4-membered cyclic amide) rings is 1. The van der Waals surface area contributed by atoms with Crippen LogP contribution in [-0.4, -0.2) is 47.6 Å². The Morgan fingerprint density at radius 2 is 2.13 bits per heavy atom. The van der Waals surface area contributed by atoms with Gasteiger partial charge < -0.3 is 20.1 Å². The summed E-state index contributed by atoms with van der Waals surface area (Å²) in [5.41, 5.74) is 5.96. The first kappa shape index (κ1) is 16.1. The zero-order valence-corrected chi connectivity index (χ0v) is 14.0. The van der Waals surface area contributed by atoms with Gasteiger partial charge in [-0.2, -0.15) is 0 Å². The van der Waals surface area contributed by atoms with Crippen molar-refractivity contribution in [2.45, 2.75) is 24.9 Å². The van der Waals surface area contributed by atoms with E-state index >= 15 is 0 Å². The van der Waals surface area contributed by atoms with E-state index in [1.165, 1.54) is 0 Å². The lowest BCUT2D eigenvalue weighted by Crippen LogP contribution is -2.71. The van der Waals surface area contributed by atoms with Crippen LogP contribution in [0, 0.1) is 5.41 Å². The van der Waals surface area contributed by atoms with Gasteiger partial charge in [0.15, 0.2) is 0 Å². The quantitative estimate of drug-likeness (QED) is 0.652. The predicted molar refractivity (Wildman–Crippen MR) is 86.8 cm³/mol. The number of hydrogen-bond donors (Lipinski definition) is 1. The lowest BCUT2D eigenvalue weighted by atomic mass is 9.89. The minimum Gasteiger partial charge on any atom is -0.497 e. The van der Waals surface area contributed by atoms with E-state index in [4.69, 9.17) is 15.2 Å². The summed E-state index contributed by atoms with van der Waals surface area (Å²) in [4.78, 5) is 25.9. The second kappa shape index (κ2) is 6.05. The molecule has 1 aromatic carbocycles. The Balaban J connectivity index is 1.58. The summed E-state index contributed by atoms with van der Waals surface area (Å²) >= 11 is 1.55.